The minimum Gasteiger partial charge on any atom is -0.433 e. The van der Waals surface area contributed by atoms with Crippen molar-refractivity contribution in [1.29, 1.82) is 0 Å². The molecule has 3 heterocycles. The van der Waals surface area contributed by atoms with Crippen molar-refractivity contribution in [2.75, 3.05) is 13.2 Å². The lowest BCUT2D eigenvalue weighted by atomic mass is 9.75. The van der Waals surface area contributed by atoms with E-state index in [0.717, 1.165) is 19.3 Å². The molecule has 1 spiro atoms. The van der Waals surface area contributed by atoms with Gasteiger partial charge in [0.2, 0.25) is 0 Å². The molecule has 3 saturated heterocycles. The van der Waals surface area contributed by atoms with Gasteiger partial charge in [0.15, 0.2) is 0 Å². The second-order valence-electron chi connectivity index (χ2n) is 4.22. The predicted molar refractivity (Wildman–Crippen MR) is 42.2 cm³/mol. The van der Waals surface area contributed by atoms with E-state index < -0.39 is 6.16 Å². The third kappa shape index (κ3) is 0.981. The maximum atomic E-state index is 10.7. The standard InChI is InChI=1S/C9H12O4/c10-8-11-4-9(5-12-8)3-6-1-2-7(9)13-6/h6-7H,1-5H2. The number of cyclic esters (lactones) is 2. The third-order valence-electron chi connectivity index (χ3n) is 3.38. The van der Waals surface area contributed by atoms with E-state index in [1.807, 2.05) is 0 Å². The molecule has 13 heavy (non-hydrogen) atoms. The number of hydrogen-bond donors (Lipinski definition) is 0. The van der Waals surface area contributed by atoms with Crippen LogP contribution in [0.5, 0.6) is 0 Å². The lowest BCUT2D eigenvalue weighted by molar-refractivity contribution is -0.0855. The van der Waals surface area contributed by atoms with Gasteiger partial charge in [0, 0.05) is 0 Å². The van der Waals surface area contributed by atoms with E-state index in [0.29, 0.717) is 19.3 Å². The number of rotatable bonds is 0. The molecule has 0 amide bonds. The molecule has 0 aromatic heterocycles. The van der Waals surface area contributed by atoms with Crippen LogP contribution in [0.15, 0.2) is 0 Å². The second kappa shape index (κ2) is 2.38. The molecule has 2 unspecified atom stereocenters. The Labute approximate surface area is 76.1 Å². The van der Waals surface area contributed by atoms with Crippen LogP contribution >= 0.6 is 0 Å². The number of hydrogen-bond acceptors (Lipinski definition) is 4. The van der Waals surface area contributed by atoms with Gasteiger partial charge in [0.1, 0.15) is 13.2 Å². The van der Waals surface area contributed by atoms with E-state index in [2.05, 4.69) is 0 Å². The maximum Gasteiger partial charge on any atom is 0.508 e. The van der Waals surface area contributed by atoms with Crippen molar-refractivity contribution in [3.05, 3.63) is 0 Å². The Kier molecular flexibility index (Phi) is 1.39. The Morgan fingerprint density at radius 1 is 1.23 bits per heavy atom. The summed E-state index contributed by atoms with van der Waals surface area (Å²) in [5.41, 5.74) is -0.0170. The van der Waals surface area contributed by atoms with E-state index in [4.69, 9.17) is 14.2 Å². The molecule has 72 valence electrons. The zero-order valence-corrected chi connectivity index (χ0v) is 7.32. The quantitative estimate of drug-likeness (QED) is 0.528. The Bertz CT molecular complexity index is 240. The van der Waals surface area contributed by atoms with Gasteiger partial charge in [0.05, 0.1) is 17.6 Å². The number of fused-ring (bicyclic) bond motifs is 3. The lowest BCUT2D eigenvalue weighted by Crippen LogP contribution is -2.46. The topological polar surface area (TPSA) is 44.8 Å². The maximum absolute atomic E-state index is 10.7. The minimum atomic E-state index is -0.534. The van der Waals surface area contributed by atoms with Gasteiger partial charge >= 0.3 is 6.16 Å². The molecule has 0 aromatic rings. The second-order valence-corrected chi connectivity index (χ2v) is 4.22. The normalized spacial score (nSPS) is 40.5. The van der Waals surface area contributed by atoms with E-state index in [1.165, 1.54) is 0 Å². The van der Waals surface area contributed by atoms with Gasteiger partial charge in [-0.2, -0.15) is 0 Å². The first-order valence-corrected chi connectivity index (χ1v) is 4.74. The molecule has 0 radical (unpaired) electrons. The van der Waals surface area contributed by atoms with Crippen LogP contribution in [-0.4, -0.2) is 31.6 Å². The lowest BCUT2D eigenvalue weighted by Gasteiger charge is -2.36. The molecule has 0 aliphatic carbocycles. The number of ether oxygens (including phenoxy) is 3. The van der Waals surface area contributed by atoms with Gasteiger partial charge in [-0.3, -0.25) is 0 Å². The molecule has 0 aromatic carbocycles. The first-order chi connectivity index (χ1) is 6.28. The SMILES string of the molecule is O=C1OCC2(CO1)CC1CCC2O1. The van der Waals surface area contributed by atoms with Crippen LogP contribution in [0.3, 0.4) is 0 Å². The summed E-state index contributed by atoms with van der Waals surface area (Å²) in [4.78, 5) is 10.7. The van der Waals surface area contributed by atoms with Gasteiger partial charge in [-0.25, -0.2) is 4.79 Å². The Morgan fingerprint density at radius 3 is 2.54 bits per heavy atom. The van der Waals surface area contributed by atoms with Crippen LogP contribution in [0, 0.1) is 5.41 Å². The molecular formula is C9H12O4. The zero-order valence-electron chi connectivity index (χ0n) is 7.32. The van der Waals surface area contributed by atoms with Crippen molar-refractivity contribution in [3.8, 4) is 0 Å². The molecule has 0 N–H and O–H groups in total. The predicted octanol–water partition coefficient (Wildman–Crippen LogP) is 1.09. The molecule has 4 heteroatoms. The summed E-state index contributed by atoms with van der Waals surface area (Å²) >= 11 is 0. The van der Waals surface area contributed by atoms with Crippen LogP contribution in [-0.2, 0) is 14.2 Å². The highest BCUT2D eigenvalue weighted by atomic mass is 16.7. The fraction of sp³-hybridized carbons (Fsp3) is 0.889. The largest absolute Gasteiger partial charge is 0.508 e. The average molecular weight is 184 g/mol. The summed E-state index contributed by atoms with van der Waals surface area (Å²) < 4.78 is 15.6. The summed E-state index contributed by atoms with van der Waals surface area (Å²) in [5, 5.41) is 0. The van der Waals surface area contributed by atoms with Gasteiger partial charge in [-0.1, -0.05) is 0 Å². The molecule has 3 aliphatic rings. The summed E-state index contributed by atoms with van der Waals surface area (Å²) in [6.45, 7) is 0.958. The summed E-state index contributed by atoms with van der Waals surface area (Å²) in [7, 11) is 0. The van der Waals surface area contributed by atoms with Crippen molar-refractivity contribution in [2.24, 2.45) is 5.41 Å². The van der Waals surface area contributed by atoms with Crippen molar-refractivity contribution in [2.45, 2.75) is 31.5 Å². The summed E-state index contributed by atoms with van der Waals surface area (Å²) in [6, 6.07) is 0. The van der Waals surface area contributed by atoms with Crippen LogP contribution in [0.1, 0.15) is 19.3 Å². The summed E-state index contributed by atoms with van der Waals surface area (Å²) in [5.74, 6) is 0. The summed E-state index contributed by atoms with van der Waals surface area (Å²) in [6.07, 6.45) is 3.33. The highest BCUT2D eigenvalue weighted by Gasteiger charge is 2.55. The molecule has 2 bridgehead atoms. The Hall–Kier alpha value is -0.770. The molecule has 3 rings (SSSR count). The van der Waals surface area contributed by atoms with Gasteiger partial charge < -0.3 is 14.2 Å². The van der Waals surface area contributed by atoms with Crippen molar-refractivity contribution >= 4 is 6.16 Å². The van der Waals surface area contributed by atoms with Crippen LogP contribution < -0.4 is 0 Å². The Balaban J connectivity index is 1.79. The molecule has 4 nitrogen and oxygen atoms in total. The number of carbonyl (C=O) groups excluding carboxylic acids is 1. The average Bonchev–Trinajstić information content (AvgIpc) is 2.70. The van der Waals surface area contributed by atoms with Crippen LogP contribution in [0.25, 0.3) is 0 Å². The molecule has 3 aliphatic heterocycles. The fourth-order valence-electron chi connectivity index (χ4n) is 2.68. The van der Waals surface area contributed by atoms with Gasteiger partial charge in [0.25, 0.3) is 0 Å². The van der Waals surface area contributed by atoms with Crippen molar-refractivity contribution in [1.82, 2.24) is 0 Å². The minimum absolute atomic E-state index is 0.0170. The van der Waals surface area contributed by atoms with Crippen LogP contribution in [0.4, 0.5) is 4.79 Å². The van der Waals surface area contributed by atoms with E-state index in [1.54, 1.807) is 0 Å². The smallest absolute Gasteiger partial charge is 0.433 e. The van der Waals surface area contributed by atoms with E-state index in [9.17, 15) is 4.79 Å². The highest BCUT2D eigenvalue weighted by molar-refractivity contribution is 5.60. The molecule has 0 saturated carbocycles. The monoisotopic (exact) mass is 184 g/mol. The zero-order chi connectivity index (χ0) is 8.89. The van der Waals surface area contributed by atoms with Crippen LogP contribution in [0.2, 0.25) is 0 Å². The van der Waals surface area contributed by atoms with Gasteiger partial charge in [-0.05, 0) is 19.3 Å². The van der Waals surface area contributed by atoms with E-state index >= 15 is 0 Å². The first-order valence-electron chi connectivity index (χ1n) is 4.74. The first kappa shape index (κ1) is 7.62. The van der Waals surface area contributed by atoms with E-state index in [-0.39, 0.29) is 11.5 Å². The molecule has 2 atom stereocenters. The Morgan fingerprint density at radius 2 is 2.00 bits per heavy atom. The molecular weight excluding hydrogens is 172 g/mol. The fourth-order valence-corrected chi connectivity index (χ4v) is 2.68. The number of carbonyl (C=O) groups is 1. The third-order valence-corrected chi connectivity index (χ3v) is 3.38. The molecule has 3 fully saturated rings. The van der Waals surface area contributed by atoms with Gasteiger partial charge in [-0.15, -0.1) is 0 Å². The highest BCUT2D eigenvalue weighted by Crippen LogP contribution is 2.49. The van der Waals surface area contributed by atoms with Crippen molar-refractivity contribution in [3.63, 3.8) is 0 Å². The van der Waals surface area contributed by atoms with Crippen molar-refractivity contribution < 1.29 is 19.0 Å².